The number of fused-ring (bicyclic) bond motifs is 1. The Labute approximate surface area is 134 Å². The highest BCUT2D eigenvalue weighted by Gasteiger charge is 2.31. The van der Waals surface area contributed by atoms with Crippen LogP contribution in [-0.4, -0.2) is 29.5 Å². The maximum Gasteiger partial charge on any atom is 0.150 e. The van der Waals surface area contributed by atoms with Gasteiger partial charge in [0.05, 0.1) is 16.8 Å². The third-order valence-electron chi connectivity index (χ3n) is 4.46. The van der Waals surface area contributed by atoms with Crippen LogP contribution in [0.5, 0.6) is 0 Å². The van der Waals surface area contributed by atoms with Gasteiger partial charge in [-0.1, -0.05) is 31.0 Å². The summed E-state index contributed by atoms with van der Waals surface area (Å²) < 4.78 is 2.34. The normalized spacial score (nSPS) is 18.0. The average molecular weight is 322 g/mol. The van der Waals surface area contributed by atoms with E-state index >= 15 is 0 Å². The number of rotatable bonds is 5. The molecular weight excluding hydrogens is 300 g/mol. The van der Waals surface area contributed by atoms with Gasteiger partial charge >= 0.3 is 0 Å². The van der Waals surface area contributed by atoms with Gasteiger partial charge in [-0.25, -0.2) is 4.98 Å². The van der Waals surface area contributed by atoms with Crippen LogP contribution in [0, 0.1) is 5.41 Å². The van der Waals surface area contributed by atoms with Crippen molar-refractivity contribution in [3.05, 3.63) is 18.2 Å². The number of hydrogen-bond donors (Lipinski definition) is 2. The minimum Gasteiger partial charge on any atom is -0.396 e. The molecule has 0 saturated heterocycles. The van der Waals surface area contributed by atoms with Crippen LogP contribution in [-0.2, 0) is 0 Å². The summed E-state index contributed by atoms with van der Waals surface area (Å²) in [6.07, 6.45) is 8.13. The first kappa shape index (κ1) is 15.1. The molecule has 0 atom stereocenters. The summed E-state index contributed by atoms with van der Waals surface area (Å²) in [4.78, 5) is 4.57. The van der Waals surface area contributed by atoms with Gasteiger partial charge in [0.25, 0.3) is 0 Å². The monoisotopic (exact) mass is 322 g/mol. The van der Waals surface area contributed by atoms with E-state index in [0.717, 1.165) is 34.9 Å². The van der Waals surface area contributed by atoms with Gasteiger partial charge in [0, 0.05) is 17.6 Å². The molecule has 0 amide bonds. The van der Waals surface area contributed by atoms with E-state index in [9.17, 15) is 5.11 Å². The summed E-state index contributed by atoms with van der Waals surface area (Å²) in [6, 6.07) is 6.36. The number of aromatic nitrogens is 1. The van der Waals surface area contributed by atoms with E-state index in [-0.39, 0.29) is 5.41 Å². The van der Waals surface area contributed by atoms with Crippen molar-refractivity contribution >= 4 is 39.0 Å². The minimum atomic E-state index is 0.0747. The van der Waals surface area contributed by atoms with Gasteiger partial charge < -0.3 is 10.4 Å². The fraction of sp³-hybridized carbons (Fsp3) is 0.562. The molecule has 1 aromatic heterocycles. The Hall–Kier alpha value is -0.780. The molecule has 21 heavy (non-hydrogen) atoms. The second-order valence-corrected chi connectivity index (χ2v) is 8.02. The molecule has 1 aromatic carbocycles. The van der Waals surface area contributed by atoms with Gasteiger partial charge in [0.2, 0.25) is 0 Å². The molecule has 1 aliphatic carbocycles. The first-order valence-electron chi connectivity index (χ1n) is 7.54. The Morgan fingerprint density at radius 1 is 1.33 bits per heavy atom. The van der Waals surface area contributed by atoms with E-state index < -0.39 is 0 Å². The lowest BCUT2D eigenvalue weighted by Gasteiger charge is -2.36. The Bertz CT molecular complexity index is 605. The molecule has 3 nitrogen and oxygen atoms in total. The molecule has 2 aromatic rings. The minimum absolute atomic E-state index is 0.0747. The van der Waals surface area contributed by atoms with E-state index in [1.54, 1.807) is 23.1 Å². The highest BCUT2D eigenvalue weighted by Crippen LogP contribution is 2.36. The molecule has 1 fully saturated rings. The molecule has 0 spiro atoms. The molecule has 0 radical (unpaired) electrons. The lowest BCUT2D eigenvalue weighted by molar-refractivity contribution is 0.0944. The first-order valence-corrected chi connectivity index (χ1v) is 9.58. The van der Waals surface area contributed by atoms with E-state index in [0.29, 0.717) is 6.61 Å². The number of hydrogen-bond acceptors (Lipinski definition) is 5. The third kappa shape index (κ3) is 3.35. The Morgan fingerprint density at radius 3 is 2.86 bits per heavy atom. The average Bonchev–Trinajstić information content (AvgIpc) is 2.96. The second kappa shape index (κ2) is 6.55. The molecule has 0 unspecified atom stereocenters. The molecule has 1 aliphatic rings. The predicted octanol–water partition coefficient (Wildman–Crippen LogP) is 4.37. The summed E-state index contributed by atoms with van der Waals surface area (Å²) in [5.41, 5.74) is 2.28. The number of thioether (sulfide) groups is 1. The highest BCUT2D eigenvalue weighted by molar-refractivity contribution is 8.00. The van der Waals surface area contributed by atoms with Gasteiger partial charge in [-0.05, 0) is 37.3 Å². The summed E-state index contributed by atoms with van der Waals surface area (Å²) in [5, 5.41) is 13.3. The molecule has 1 saturated carbocycles. The number of aliphatic hydroxyl groups excluding tert-OH is 1. The van der Waals surface area contributed by atoms with E-state index in [4.69, 9.17) is 0 Å². The molecule has 114 valence electrons. The molecular formula is C16H22N2OS2. The zero-order valence-electron chi connectivity index (χ0n) is 12.4. The number of aliphatic hydroxyl groups is 1. The SMILES string of the molecule is CSc1nc2ccc(NCC3(CO)CCCCC3)cc2s1. The zero-order chi connectivity index (χ0) is 14.7. The number of benzene rings is 1. The summed E-state index contributed by atoms with van der Waals surface area (Å²) >= 11 is 3.43. The number of anilines is 1. The predicted molar refractivity (Wildman–Crippen MR) is 92.5 cm³/mol. The van der Waals surface area contributed by atoms with Crippen LogP contribution in [0.2, 0.25) is 0 Å². The van der Waals surface area contributed by atoms with Crippen LogP contribution in [0.1, 0.15) is 32.1 Å². The van der Waals surface area contributed by atoms with Crippen LogP contribution in [0.4, 0.5) is 5.69 Å². The first-order chi connectivity index (χ1) is 10.2. The molecule has 0 aliphatic heterocycles. The number of nitrogens with one attached hydrogen (secondary N) is 1. The number of nitrogens with zero attached hydrogens (tertiary/aromatic N) is 1. The van der Waals surface area contributed by atoms with Crippen LogP contribution >= 0.6 is 23.1 Å². The van der Waals surface area contributed by atoms with Gasteiger partial charge in [-0.3, -0.25) is 0 Å². The van der Waals surface area contributed by atoms with Crippen LogP contribution < -0.4 is 5.32 Å². The Balaban J connectivity index is 1.72. The highest BCUT2D eigenvalue weighted by atomic mass is 32.2. The smallest absolute Gasteiger partial charge is 0.150 e. The number of thiazole rings is 1. The van der Waals surface area contributed by atoms with Crippen molar-refractivity contribution in [2.24, 2.45) is 5.41 Å². The topological polar surface area (TPSA) is 45.2 Å². The lowest BCUT2D eigenvalue weighted by atomic mass is 9.74. The third-order valence-corrected chi connectivity index (χ3v) is 6.46. The van der Waals surface area contributed by atoms with Crippen LogP contribution in [0.25, 0.3) is 10.2 Å². The van der Waals surface area contributed by atoms with Crippen molar-refractivity contribution in [3.63, 3.8) is 0 Å². The lowest BCUT2D eigenvalue weighted by Crippen LogP contribution is -2.35. The zero-order valence-corrected chi connectivity index (χ0v) is 14.0. The quantitative estimate of drug-likeness (QED) is 0.802. The van der Waals surface area contributed by atoms with Crippen molar-refractivity contribution < 1.29 is 5.11 Å². The van der Waals surface area contributed by atoms with Crippen molar-refractivity contribution in [2.75, 3.05) is 24.7 Å². The summed E-state index contributed by atoms with van der Waals surface area (Å²) in [7, 11) is 0. The van der Waals surface area contributed by atoms with Crippen molar-refractivity contribution in [1.82, 2.24) is 4.98 Å². The van der Waals surface area contributed by atoms with Gasteiger partial charge in [0.1, 0.15) is 0 Å². The largest absolute Gasteiger partial charge is 0.396 e. The van der Waals surface area contributed by atoms with Gasteiger partial charge in [-0.2, -0.15) is 0 Å². The Morgan fingerprint density at radius 2 is 2.14 bits per heavy atom. The van der Waals surface area contributed by atoms with Gasteiger partial charge in [-0.15, -0.1) is 11.3 Å². The second-order valence-electron chi connectivity index (χ2n) is 5.94. The van der Waals surface area contributed by atoms with Crippen molar-refractivity contribution in [3.8, 4) is 0 Å². The van der Waals surface area contributed by atoms with Gasteiger partial charge in [0.15, 0.2) is 4.34 Å². The maximum absolute atomic E-state index is 9.78. The summed E-state index contributed by atoms with van der Waals surface area (Å²) in [5.74, 6) is 0. The van der Waals surface area contributed by atoms with Crippen LogP contribution in [0.3, 0.4) is 0 Å². The molecule has 2 N–H and O–H groups in total. The van der Waals surface area contributed by atoms with E-state index in [1.807, 2.05) is 0 Å². The molecule has 3 rings (SSSR count). The fourth-order valence-corrected chi connectivity index (χ4v) is 4.61. The van der Waals surface area contributed by atoms with Crippen molar-refractivity contribution in [1.29, 1.82) is 0 Å². The molecule has 1 heterocycles. The molecule has 0 bridgehead atoms. The molecule has 5 heteroatoms. The van der Waals surface area contributed by atoms with E-state index in [2.05, 4.69) is 34.8 Å². The van der Waals surface area contributed by atoms with Crippen molar-refractivity contribution in [2.45, 2.75) is 36.4 Å². The standard InChI is InChI=1S/C16H22N2OS2/c1-20-15-18-13-6-5-12(9-14(13)21-15)17-10-16(11-19)7-3-2-4-8-16/h5-6,9,17,19H,2-4,7-8,10-11H2,1H3. The van der Waals surface area contributed by atoms with Crippen LogP contribution in [0.15, 0.2) is 22.5 Å². The maximum atomic E-state index is 9.78. The fourth-order valence-electron chi connectivity index (χ4n) is 3.08. The summed E-state index contributed by atoms with van der Waals surface area (Å²) in [6.45, 7) is 1.16. The van der Waals surface area contributed by atoms with E-state index in [1.165, 1.54) is 24.0 Å². The Kier molecular flexibility index (Phi) is 4.72.